The van der Waals surface area contributed by atoms with Crippen molar-refractivity contribution in [3.63, 3.8) is 0 Å². The molecule has 1 aromatic rings. The monoisotopic (exact) mass is 428 g/mol. The number of hydrogen-bond donors (Lipinski definition) is 1. The zero-order chi connectivity index (χ0) is 21.9. The van der Waals surface area contributed by atoms with Crippen molar-refractivity contribution in [3.8, 4) is 0 Å². The molecular weight excluding hydrogens is 401 g/mol. The molecule has 0 radical (unpaired) electrons. The van der Waals surface area contributed by atoms with Crippen molar-refractivity contribution in [2.75, 3.05) is 34.5 Å². The van der Waals surface area contributed by atoms with Crippen LogP contribution in [-0.4, -0.2) is 45.8 Å². The molecule has 3 rings (SSSR count). The molecule has 0 bridgehead atoms. The summed E-state index contributed by atoms with van der Waals surface area (Å²) in [6, 6.07) is 5.16. The van der Waals surface area contributed by atoms with E-state index in [4.69, 9.17) is 18.9 Å². The zero-order valence-electron chi connectivity index (χ0n) is 17.2. The van der Waals surface area contributed by atoms with Crippen LogP contribution in [0.4, 0.5) is 13.2 Å². The third-order valence-electron chi connectivity index (χ3n) is 5.88. The van der Waals surface area contributed by atoms with Crippen molar-refractivity contribution in [1.29, 1.82) is 0 Å². The summed E-state index contributed by atoms with van der Waals surface area (Å²) in [6.07, 6.45) is -1.61. The molecule has 8 heteroatoms. The Morgan fingerprint density at radius 3 is 2.30 bits per heavy atom. The maximum atomic E-state index is 12.8. The molecule has 1 aliphatic carbocycles. The first kappa shape index (κ1) is 22.5. The van der Waals surface area contributed by atoms with E-state index in [0.717, 1.165) is 17.7 Å². The van der Waals surface area contributed by atoms with Gasteiger partial charge in [0.25, 0.3) is 0 Å². The maximum absolute atomic E-state index is 12.8. The lowest BCUT2D eigenvalue weighted by Crippen LogP contribution is -2.33. The Labute approximate surface area is 174 Å². The van der Waals surface area contributed by atoms with Crippen molar-refractivity contribution in [2.24, 2.45) is 17.8 Å². The van der Waals surface area contributed by atoms with Gasteiger partial charge in [-0.05, 0) is 36.1 Å². The van der Waals surface area contributed by atoms with Crippen LogP contribution in [0.2, 0.25) is 0 Å². The molecule has 166 valence electrons. The standard InChI is InChI=1S/C22H27F3O5/c1-27-18-9-14(10-19(28-2)21(18)29-3)20-17(11-26)15(12-30-20)8-13-4-6-16(7-5-13)22(23,24)25/h4-7,9,14-15,17,20,26H,8,10-12H2,1-3H3/t14?,15-,17-,20+/m0/s1. The molecule has 1 unspecified atom stereocenters. The van der Waals surface area contributed by atoms with Gasteiger partial charge in [0.1, 0.15) is 5.76 Å². The Bertz CT molecular complexity index is 785. The molecule has 1 aliphatic heterocycles. The fourth-order valence-corrected chi connectivity index (χ4v) is 4.32. The van der Waals surface area contributed by atoms with Crippen molar-refractivity contribution >= 4 is 0 Å². The van der Waals surface area contributed by atoms with Crippen LogP contribution in [0.5, 0.6) is 0 Å². The number of alkyl halides is 3. The normalized spacial score (nSPS) is 27.1. The fraction of sp³-hybridized carbons (Fsp3) is 0.545. The Morgan fingerprint density at radius 2 is 1.77 bits per heavy atom. The van der Waals surface area contributed by atoms with E-state index < -0.39 is 11.7 Å². The SMILES string of the molecule is COC1=CC([C@H]2OC[C@H](Cc3ccc(C(F)(F)F)cc3)[C@@H]2CO)CC(OC)=C1OC. The zero-order valence-corrected chi connectivity index (χ0v) is 17.2. The lowest BCUT2D eigenvalue weighted by Gasteiger charge is -2.30. The first-order valence-corrected chi connectivity index (χ1v) is 9.78. The van der Waals surface area contributed by atoms with Gasteiger partial charge in [0.05, 0.1) is 39.6 Å². The molecule has 0 spiro atoms. The van der Waals surface area contributed by atoms with Gasteiger partial charge in [-0.1, -0.05) is 12.1 Å². The molecule has 0 saturated carbocycles. The Kier molecular flexibility index (Phi) is 6.98. The highest BCUT2D eigenvalue weighted by molar-refractivity contribution is 5.30. The van der Waals surface area contributed by atoms with Crippen molar-refractivity contribution in [2.45, 2.75) is 25.1 Å². The third-order valence-corrected chi connectivity index (χ3v) is 5.88. The maximum Gasteiger partial charge on any atom is 0.416 e. The minimum atomic E-state index is -4.35. The fourth-order valence-electron chi connectivity index (χ4n) is 4.32. The summed E-state index contributed by atoms with van der Waals surface area (Å²) in [5.41, 5.74) is 0.115. The van der Waals surface area contributed by atoms with E-state index >= 15 is 0 Å². The number of halogens is 3. The van der Waals surface area contributed by atoms with Crippen LogP contribution < -0.4 is 0 Å². The van der Waals surface area contributed by atoms with Crippen LogP contribution in [-0.2, 0) is 31.5 Å². The Hall–Kier alpha value is -2.19. The van der Waals surface area contributed by atoms with Gasteiger partial charge in [0.15, 0.2) is 11.5 Å². The summed E-state index contributed by atoms with van der Waals surface area (Å²) in [6.45, 7) is 0.346. The average molecular weight is 428 g/mol. The molecule has 1 saturated heterocycles. The second kappa shape index (κ2) is 9.31. The smallest absolute Gasteiger partial charge is 0.416 e. The highest BCUT2D eigenvalue weighted by Gasteiger charge is 2.43. The Morgan fingerprint density at radius 1 is 1.07 bits per heavy atom. The molecule has 5 nitrogen and oxygen atoms in total. The molecule has 4 atom stereocenters. The van der Waals surface area contributed by atoms with Crippen molar-refractivity contribution in [3.05, 3.63) is 58.7 Å². The van der Waals surface area contributed by atoms with Gasteiger partial charge in [-0.15, -0.1) is 0 Å². The minimum absolute atomic E-state index is 0.00470. The van der Waals surface area contributed by atoms with Crippen LogP contribution in [0.3, 0.4) is 0 Å². The number of allylic oxidation sites excluding steroid dienone is 1. The molecular formula is C22H27F3O5. The van der Waals surface area contributed by atoms with Gasteiger partial charge in [0.2, 0.25) is 0 Å². The van der Waals surface area contributed by atoms with E-state index in [1.165, 1.54) is 12.1 Å². The highest BCUT2D eigenvalue weighted by Crippen LogP contribution is 2.40. The summed E-state index contributed by atoms with van der Waals surface area (Å²) in [4.78, 5) is 0. The van der Waals surface area contributed by atoms with Gasteiger partial charge in [-0.2, -0.15) is 13.2 Å². The molecule has 1 aromatic carbocycles. The first-order chi connectivity index (χ1) is 14.3. The summed E-state index contributed by atoms with van der Waals surface area (Å²) >= 11 is 0. The average Bonchev–Trinajstić information content (AvgIpc) is 3.14. The number of hydrogen-bond acceptors (Lipinski definition) is 5. The predicted octanol–water partition coefficient (Wildman–Crippen LogP) is 3.93. The summed E-state index contributed by atoms with van der Waals surface area (Å²) in [7, 11) is 4.66. The molecule has 30 heavy (non-hydrogen) atoms. The van der Waals surface area contributed by atoms with E-state index in [1.54, 1.807) is 21.3 Å². The van der Waals surface area contributed by atoms with E-state index in [2.05, 4.69) is 0 Å². The van der Waals surface area contributed by atoms with Crippen LogP contribution in [0, 0.1) is 17.8 Å². The van der Waals surface area contributed by atoms with Gasteiger partial charge in [0, 0.05) is 24.9 Å². The topological polar surface area (TPSA) is 57.2 Å². The van der Waals surface area contributed by atoms with Gasteiger partial charge < -0.3 is 24.1 Å². The largest absolute Gasteiger partial charge is 0.497 e. The van der Waals surface area contributed by atoms with Gasteiger partial charge in [-0.3, -0.25) is 0 Å². The number of aliphatic hydroxyl groups is 1. The van der Waals surface area contributed by atoms with Crippen LogP contribution in [0.15, 0.2) is 47.6 Å². The highest BCUT2D eigenvalue weighted by atomic mass is 19.4. The van der Waals surface area contributed by atoms with Crippen molar-refractivity contribution in [1.82, 2.24) is 0 Å². The lowest BCUT2D eigenvalue weighted by atomic mass is 9.79. The predicted molar refractivity (Wildman–Crippen MR) is 103 cm³/mol. The molecule has 1 N–H and O–H groups in total. The number of aliphatic hydroxyl groups excluding tert-OH is 1. The second-order valence-electron chi connectivity index (χ2n) is 7.57. The summed E-state index contributed by atoms with van der Waals surface area (Å²) in [5, 5.41) is 10.1. The summed E-state index contributed by atoms with van der Waals surface area (Å²) < 4.78 is 60.7. The van der Waals surface area contributed by atoms with Gasteiger partial charge >= 0.3 is 6.18 Å². The first-order valence-electron chi connectivity index (χ1n) is 9.78. The quantitative estimate of drug-likeness (QED) is 0.713. The van der Waals surface area contributed by atoms with E-state index in [1.807, 2.05) is 6.08 Å². The molecule has 2 aliphatic rings. The van der Waals surface area contributed by atoms with Crippen LogP contribution in [0.1, 0.15) is 17.5 Å². The molecule has 1 heterocycles. The molecule has 0 amide bonds. The number of rotatable bonds is 7. The van der Waals surface area contributed by atoms with Crippen molar-refractivity contribution < 1.29 is 37.2 Å². The lowest BCUT2D eigenvalue weighted by molar-refractivity contribution is -0.137. The summed E-state index contributed by atoms with van der Waals surface area (Å²) in [5.74, 6) is 1.49. The van der Waals surface area contributed by atoms with E-state index in [9.17, 15) is 18.3 Å². The number of ether oxygens (including phenoxy) is 4. The Balaban J connectivity index is 1.74. The molecule has 1 fully saturated rings. The minimum Gasteiger partial charge on any atom is -0.497 e. The number of benzene rings is 1. The van der Waals surface area contributed by atoms with E-state index in [-0.39, 0.29) is 30.5 Å². The third kappa shape index (κ3) is 4.59. The van der Waals surface area contributed by atoms with Crippen LogP contribution >= 0.6 is 0 Å². The number of methoxy groups -OCH3 is 3. The van der Waals surface area contributed by atoms with E-state index in [0.29, 0.717) is 36.7 Å². The molecule has 0 aromatic heterocycles. The van der Waals surface area contributed by atoms with Gasteiger partial charge in [-0.25, -0.2) is 0 Å². The van der Waals surface area contributed by atoms with Crippen LogP contribution in [0.25, 0.3) is 0 Å². The second-order valence-corrected chi connectivity index (χ2v) is 7.57.